The van der Waals surface area contributed by atoms with Crippen molar-refractivity contribution in [1.29, 1.82) is 0 Å². The van der Waals surface area contributed by atoms with Crippen LogP contribution in [0.3, 0.4) is 0 Å². The van der Waals surface area contributed by atoms with Crippen LogP contribution in [-0.4, -0.2) is 72.2 Å². The van der Waals surface area contributed by atoms with E-state index in [0.29, 0.717) is 25.7 Å². The van der Waals surface area contributed by atoms with Crippen molar-refractivity contribution in [1.82, 2.24) is 25.0 Å². The average molecular weight is 387 g/mol. The SMILES string of the molecule is CCNC(=NCc1ccc(-n2cncn2)cc1)N1CCC(COCCOC)C1. The van der Waals surface area contributed by atoms with E-state index in [-0.39, 0.29) is 0 Å². The Hall–Kier alpha value is -2.45. The van der Waals surface area contributed by atoms with Crippen LogP contribution in [0.15, 0.2) is 41.9 Å². The van der Waals surface area contributed by atoms with Gasteiger partial charge in [0.15, 0.2) is 5.96 Å². The van der Waals surface area contributed by atoms with Gasteiger partial charge in [0.1, 0.15) is 12.7 Å². The number of likely N-dealkylation sites (tertiary alicyclic amines) is 1. The van der Waals surface area contributed by atoms with Crippen LogP contribution in [0.25, 0.3) is 5.69 Å². The molecule has 8 nitrogen and oxygen atoms in total. The summed E-state index contributed by atoms with van der Waals surface area (Å²) in [5.41, 5.74) is 2.16. The summed E-state index contributed by atoms with van der Waals surface area (Å²) in [6.45, 7) is 7.68. The summed E-state index contributed by atoms with van der Waals surface area (Å²) < 4.78 is 12.5. The second-order valence-electron chi connectivity index (χ2n) is 6.85. The summed E-state index contributed by atoms with van der Waals surface area (Å²) in [5.74, 6) is 1.52. The predicted molar refractivity (Wildman–Crippen MR) is 109 cm³/mol. The Bertz CT molecular complexity index is 717. The molecular weight excluding hydrogens is 356 g/mol. The van der Waals surface area contributed by atoms with Gasteiger partial charge >= 0.3 is 0 Å². The van der Waals surface area contributed by atoms with Gasteiger partial charge in [-0.05, 0) is 31.0 Å². The third kappa shape index (κ3) is 5.77. The normalized spacial score (nSPS) is 17.3. The molecule has 8 heteroatoms. The Morgan fingerprint density at radius 1 is 1.29 bits per heavy atom. The highest BCUT2D eigenvalue weighted by Gasteiger charge is 2.24. The first kappa shape index (κ1) is 20.3. The van der Waals surface area contributed by atoms with Crippen molar-refractivity contribution in [3.63, 3.8) is 0 Å². The van der Waals surface area contributed by atoms with Crippen molar-refractivity contribution in [3.8, 4) is 5.69 Å². The molecular formula is C20H30N6O2. The maximum atomic E-state index is 5.69. The lowest BCUT2D eigenvalue weighted by atomic mass is 10.1. The van der Waals surface area contributed by atoms with Crippen molar-refractivity contribution >= 4 is 5.96 Å². The van der Waals surface area contributed by atoms with Gasteiger partial charge in [0.25, 0.3) is 0 Å². The van der Waals surface area contributed by atoms with Crippen LogP contribution in [0.1, 0.15) is 18.9 Å². The summed E-state index contributed by atoms with van der Waals surface area (Å²) in [5, 5.41) is 7.57. The number of rotatable bonds is 9. The Morgan fingerprint density at radius 2 is 2.14 bits per heavy atom. The molecule has 1 N–H and O–H groups in total. The van der Waals surface area contributed by atoms with Crippen molar-refractivity contribution < 1.29 is 9.47 Å². The number of aromatic nitrogens is 3. The van der Waals surface area contributed by atoms with Crippen LogP contribution < -0.4 is 5.32 Å². The van der Waals surface area contributed by atoms with Crippen LogP contribution in [-0.2, 0) is 16.0 Å². The van der Waals surface area contributed by atoms with Gasteiger partial charge in [0.2, 0.25) is 0 Å². The maximum Gasteiger partial charge on any atom is 0.194 e. The minimum Gasteiger partial charge on any atom is -0.382 e. The molecule has 1 atom stereocenters. The van der Waals surface area contributed by atoms with Crippen molar-refractivity contribution in [2.24, 2.45) is 10.9 Å². The molecule has 28 heavy (non-hydrogen) atoms. The van der Waals surface area contributed by atoms with Gasteiger partial charge in [0.05, 0.1) is 32.1 Å². The molecule has 1 aromatic carbocycles. The second kappa shape index (κ2) is 10.8. The number of methoxy groups -OCH3 is 1. The van der Waals surface area contributed by atoms with Crippen molar-refractivity contribution in [2.75, 3.05) is 46.6 Å². The smallest absolute Gasteiger partial charge is 0.194 e. The number of benzene rings is 1. The first-order valence-electron chi connectivity index (χ1n) is 9.84. The van der Waals surface area contributed by atoms with Gasteiger partial charge in [-0.2, -0.15) is 5.10 Å². The van der Waals surface area contributed by atoms with Crippen LogP contribution in [0.5, 0.6) is 0 Å². The Labute approximate surface area is 166 Å². The molecule has 0 saturated carbocycles. The van der Waals surface area contributed by atoms with E-state index in [2.05, 4.69) is 39.4 Å². The molecule has 1 saturated heterocycles. The summed E-state index contributed by atoms with van der Waals surface area (Å²) in [6, 6.07) is 8.24. The molecule has 2 heterocycles. The third-order valence-corrected chi connectivity index (χ3v) is 4.74. The number of nitrogens with zero attached hydrogens (tertiary/aromatic N) is 5. The molecule has 2 aromatic rings. The van der Waals surface area contributed by atoms with Gasteiger partial charge in [-0.25, -0.2) is 14.7 Å². The fraction of sp³-hybridized carbons (Fsp3) is 0.550. The van der Waals surface area contributed by atoms with Gasteiger partial charge in [-0.3, -0.25) is 0 Å². The molecule has 0 bridgehead atoms. The molecule has 0 radical (unpaired) electrons. The molecule has 1 aliphatic heterocycles. The minimum absolute atomic E-state index is 0.544. The van der Waals surface area contributed by atoms with Crippen LogP contribution in [0.2, 0.25) is 0 Å². The van der Waals surface area contributed by atoms with E-state index in [1.54, 1.807) is 18.1 Å². The van der Waals surface area contributed by atoms with E-state index in [9.17, 15) is 0 Å². The highest BCUT2D eigenvalue weighted by Crippen LogP contribution is 2.17. The molecule has 3 rings (SSSR count). The van der Waals surface area contributed by atoms with Gasteiger partial charge in [0, 0.05) is 32.7 Å². The Morgan fingerprint density at radius 3 is 2.86 bits per heavy atom. The van der Waals surface area contributed by atoms with Crippen LogP contribution in [0, 0.1) is 5.92 Å². The minimum atomic E-state index is 0.544. The molecule has 1 fully saturated rings. The second-order valence-corrected chi connectivity index (χ2v) is 6.85. The number of guanidine groups is 1. The summed E-state index contributed by atoms with van der Waals surface area (Å²) in [7, 11) is 1.70. The lowest BCUT2D eigenvalue weighted by molar-refractivity contribution is 0.0536. The molecule has 0 amide bonds. The van der Waals surface area contributed by atoms with Crippen molar-refractivity contribution in [2.45, 2.75) is 19.9 Å². The van der Waals surface area contributed by atoms with Crippen LogP contribution in [0.4, 0.5) is 0 Å². The molecule has 0 spiro atoms. The average Bonchev–Trinajstić information content (AvgIpc) is 3.41. The molecule has 1 aromatic heterocycles. The predicted octanol–water partition coefficient (Wildman–Crippen LogP) is 1.72. The van der Waals surface area contributed by atoms with Crippen LogP contribution >= 0.6 is 0 Å². The zero-order valence-corrected chi connectivity index (χ0v) is 16.8. The maximum absolute atomic E-state index is 5.69. The highest BCUT2D eigenvalue weighted by atomic mass is 16.5. The zero-order valence-electron chi connectivity index (χ0n) is 16.8. The van der Waals surface area contributed by atoms with E-state index in [1.807, 2.05) is 12.1 Å². The lowest BCUT2D eigenvalue weighted by Gasteiger charge is -2.21. The largest absolute Gasteiger partial charge is 0.382 e. The summed E-state index contributed by atoms with van der Waals surface area (Å²) >= 11 is 0. The Kier molecular flexibility index (Phi) is 7.81. The summed E-state index contributed by atoms with van der Waals surface area (Å²) in [4.78, 5) is 11.1. The first-order valence-corrected chi connectivity index (χ1v) is 9.84. The van der Waals surface area contributed by atoms with Gasteiger partial charge in [-0.1, -0.05) is 12.1 Å². The fourth-order valence-electron chi connectivity index (χ4n) is 3.24. The number of hydrogen-bond acceptors (Lipinski definition) is 5. The topological polar surface area (TPSA) is 76.8 Å². The number of aliphatic imine (C=N–C) groups is 1. The van der Waals surface area contributed by atoms with E-state index < -0.39 is 0 Å². The zero-order chi connectivity index (χ0) is 19.6. The quantitative estimate of drug-likeness (QED) is 0.402. The molecule has 1 unspecified atom stereocenters. The first-order chi connectivity index (χ1) is 13.8. The highest BCUT2D eigenvalue weighted by molar-refractivity contribution is 5.80. The van der Waals surface area contributed by atoms with Gasteiger partial charge < -0.3 is 19.7 Å². The van der Waals surface area contributed by atoms with E-state index >= 15 is 0 Å². The lowest BCUT2D eigenvalue weighted by Crippen LogP contribution is -2.40. The van der Waals surface area contributed by atoms with E-state index in [0.717, 1.165) is 49.9 Å². The molecule has 1 aliphatic rings. The third-order valence-electron chi connectivity index (χ3n) is 4.74. The van der Waals surface area contributed by atoms with Crippen molar-refractivity contribution in [3.05, 3.63) is 42.5 Å². The van der Waals surface area contributed by atoms with E-state index in [1.165, 1.54) is 6.33 Å². The molecule has 152 valence electrons. The number of ether oxygens (including phenoxy) is 2. The fourth-order valence-corrected chi connectivity index (χ4v) is 3.24. The summed E-state index contributed by atoms with van der Waals surface area (Å²) in [6.07, 6.45) is 4.36. The van der Waals surface area contributed by atoms with Gasteiger partial charge in [-0.15, -0.1) is 0 Å². The monoisotopic (exact) mass is 386 g/mol. The molecule has 0 aliphatic carbocycles. The number of nitrogens with one attached hydrogen (secondary N) is 1. The number of hydrogen-bond donors (Lipinski definition) is 1. The standard InChI is InChI=1S/C20H30N6O2/c1-3-22-20(25-9-8-18(13-25)14-28-11-10-27-2)23-12-17-4-6-19(7-5-17)26-16-21-15-24-26/h4-7,15-16,18H,3,8-14H2,1-2H3,(H,22,23). The Balaban J connectivity index is 1.54. The van der Waals surface area contributed by atoms with E-state index in [4.69, 9.17) is 14.5 Å².